The van der Waals surface area contributed by atoms with Gasteiger partial charge in [-0.3, -0.25) is 9.69 Å². The molecule has 1 heterocycles. The molecule has 1 N–H and O–H groups in total. The number of carbonyl (C=O) groups excluding carboxylic acids is 2. The first-order valence-electron chi connectivity index (χ1n) is 9.16. The predicted octanol–water partition coefficient (Wildman–Crippen LogP) is 4.15. The summed E-state index contributed by atoms with van der Waals surface area (Å²) in [4.78, 5) is 27.4. The van der Waals surface area contributed by atoms with E-state index in [1.54, 1.807) is 36.4 Å². The van der Waals surface area contributed by atoms with E-state index in [2.05, 4.69) is 15.3 Å². The second kappa shape index (κ2) is 9.07. The number of azide groups is 1. The molecule has 1 saturated heterocycles. The third-order valence-corrected chi connectivity index (χ3v) is 4.63. The summed E-state index contributed by atoms with van der Waals surface area (Å²) >= 11 is 0. The molecular formula is C20H20FN5O3. The van der Waals surface area contributed by atoms with Crippen LogP contribution in [0.25, 0.3) is 21.6 Å². The lowest BCUT2D eigenvalue weighted by atomic mass is 10.0. The minimum Gasteiger partial charge on any atom is -0.444 e. The molecule has 0 aromatic heterocycles. The molecule has 0 aliphatic carbocycles. The molecule has 1 aliphatic rings. The van der Waals surface area contributed by atoms with E-state index < -0.39 is 11.9 Å². The van der Waals surface area contributed by atoms with E-state index in [1.807, 2.05) is 6.92 Å². The topological polar surface area (TPSA) is 107 Å². The van der Waals surface area contributed by atoms with Gasteiger partial charge in [0.15, 0.2) is 0 Å². The Morgan fingerprint density at radius 3 is 2.72 bits per heavy atom. The fourth-order valence-electron chi connectivity index (χ4n) is 3.01. The molecule has 2 amide bonds. The van der Waals surface area contributed by atoms with E-state index in [1.165, 1.54) is 11.0 Å². The smallest absolute Gasteiger partial charge is 0.414 e. The number of nitrogens with one attached hydrogen (secondary N) is 1. The van der Waals surface area contributed by atoms with E-state index in [-0.39, 0.29) is 25.1 Å². The molecule has 0 saturated carbocycles. The Bertz CT molecular complexity index is 957. The molecule has 0 radical (unpaired) electrons. The summed E-state index contributed by atoms with van der Waals surface area (Å²) in [7, 11) is 0. The Hall–Kier alpha value is -3.58. The van der Waals surface area contributed by atoms with Crippen LogP contribution in [-0.2, 0) is 16.1 Å². The summed E-state index contributed by atoms with van der Waals surface area (Å²) in [5.74, 6) is -0.815. The van der Waals surface area contributed by atoms with Crippen molar-refractivity contribution in [3.63, 3.8) is 0 Å². The standard InChI is InChI=1S/C20H20FN5O3/c1-2-16-12-26(20(28)29-16)15-7-8-17(18(21)9-15)14-5-3-13(4-6-14)10-23-19(27)11-24-25-22/h3-9,16H,2,10-12H2,1H3,(H,23,27)/t16-/m0/s1. The highest BCUT2D eigenvalue weighted by atomic mass is 19.1. The third-order valence-electron chi connectivity index (χ3n) is 4.63. The zero-order valence-electron chi connectivity index (χ0n) is 15.8. The van der Waals surface area contributed by atoms with Crippen LogP contribution in [-0.4, -0.2) is 31.2 Å². The van der Waals surface area contributed by atoms with Crippen molar-refractivity contribution in [1.29, 1.82) is 0 Å². The van der Waals surface area contributed by atoms with Gasteiger partial charge in [-0.15, -0.1) is 0 Å². The van der Waals surface area contributed by atoms with Crippen LogP contribution >= 0.6 is 0 Å². The van der Waals surface area contributed by atoms with E-state index in [0.29, 0.717) is 29.8 Å². The fourth-order valence-corrected chi connectivity index (χ4v) is 3.01. The van der Waals surface area contributed by atoms with Gasteiger partial charge in [-0.2, -0.15) is 0 Å². The predicted molar refractivity (Wildman–Crippen MR) is 106 cm³/mol. The Kier molecular flexibility index (Phi) is 6.31. The summed E-state index contributed by atoms with van der Waals surface area (Å²) < 4.78 is 19.9. The Morgan fingerprint density at radius 1 is 1.34 bits per heavy atom. The molecular weight excluding hydrogens is 377 g/mol. The van der Waals surface area contributed by atoms with E-state index in [9.17, 15) is 14.0 Å². The number of anilines is 1. The van der Waals surface area contributed by atoms with Gasteiger partial charge in [0.05, 0.1) is 12.2 Å². The minimum atomic E-state index is -0.462. The highest BCUT2D eigenvalue weighted by Gasteiger charge is 2.31. The molecule has 0 spiro atoms. The van der Waals surface area contributed by atoms with Crippen molar-refractivity contribution in [2.45, 2.75) is 26.0 Å². The van der Waals surface area contributed by atoms with Crippen LogP contribution in [0.15, 0.2) is 47.6 Å². The molecule has 1 fully saturated rings. The molecule has 0 unspecified atom stereocenters. The van der Waals surface area contributed by atoms with Crippen LogP contribution in [0.3, 0.4) is 0 Å². The summed E-state index contributed by atoms with van der Waals surface area (Å²) in [5.41, 5.74) is 10.6. The summed E-state index contributed by atoms with van der Waals surface area (Å²) in [6.45, 7) is 2.36. The van der Waals surface area contributed by atoms with Crippen LogP contribution in [0, 0.1) is 5.82 Å². The maximum Gasteiger partial charge on any atom is 0.414 e. The third kappa shape index (κ3) is 4.83. The first kappa shape index (κ1) is 20.2. The fraction of sp³-hybridized carbons (Fsp3) is 0.300. The summed E-state index contributed by atoms with van der Waals surface area (Å²) in [6.07, 6.45) is 0.0714. The SMILES string of the molecule is CC[C@H]1CN(c2ccc(-c3ccc(CNC(=O)CN=[N+]=[N-])cc3)c(F)c2)C(=O)O1. The van der Waals surface area contributed by atoms with Crippen molar-refractivity contribution in [2.24, 2.45) is 5.11 Å². The maximum absolute atomic E-state index is 14.7. The lowest BCUT2D eigenvalue weighted by Gasteiger charge is -2.14. The average Bonchev–Trinajstić information content (AvgIpc) is 3.12. The lowest BCUT2D eigenvalue weighted by Crippen LogP contribution is -2.24. The van der Waals surface area contributed by atoms with Gasteiger partial charge < -0.3 is 10.1 Å². The highest BCUT2D eigenvalue weighted by molar-refractivity contribution is 5.90. The molecule has 0 bridgehead atoms. The highest BCUT2D eigenvalue weighted by Crippen LogP contribution is 2.29. The molecule has 1 atom stereocenters. The van der Waals surface area contributed by atoms with Crippen molar-refractivity contribution >= 4 is 17.7 Å². The van der Waals surface area contributed by atoms with Gasteiger partial charge in [0.25, 0.3) is 0 Å². The van der Waals surface area contributed by atoms with Crippen molar-refractivity contribution in [1.82, 2.24) is 5.32 Å². The van der Waals surface area contributed by atoms with Gasteiger partial charge in [0, 0.05) is 17.0 Å². The summed E-state index contributed by atoms with van der Waals surface area (Å²) in [6, 6.07) is 11.7. The van der Waals surface area contributed by atoms with E-state index >= 15 is 0 Å². The Labute approximate surface area is 166 Å². The first-order valence-corrected chi connectivity index (χ1v) is 9.16. The zero-order chi connectivity index (χ0) is 20.8. The number of ether oxygens (including phenoxy) is 1. The monoisotopic (exact) mass is 397 g/mol. The van der Waals surface area contributed by atoms with Crippen molar-refractivity contribution in [3.8, 4) is 11.1 Å². The van der Waals surface area contributed by atoms with E-state index in [4.69, 9.17) is 10.3 Å². The zero-order valence-corrected chi connectivity index (χ0v) is 15.8. The van der Waals surface area contributed by atoms with E-state index in [0.717, 1.165) is 5.56 Å². The second-order valence-corrected chi connectivity index (χ2v) is 6.55. The number of cyclic esters (lactones) is 1. The van der Waals surface area contributed by atoms with Crippen molar-refractivity contribution < 1.29 is 18.7 Å². The normalized spacial score (nSPS) is 15.6. The minimum absolute atomic E-state index is 0.176. The molecule has 29 heavy (non-hydrogen) atoms. The second-order valence-electron chi connectivity index (χ2n) is 6.55. The number of amides is 2. The maximum atomic E-state index is 14.7. The van der Waals surface area contributed by atoms with Crippen LogP contribution < -0.4 is 10.2 Å². The van der Waals surface area contributed by atoms with Crippen molar-refractivity contribution in [3.05, 3.63) is 64.3 Å². The van der Waals surface area contributed by atoms with Crippen LogP contribution in [0.2, 0.25) is 0 Å². The molecule has 9 heteroatoms. The largest absolute Gasteiger partial charge is 0.444 e. The summed E-state index contributed by atoms with van der Waals surface area (Å²) in [5, 5.41) is 5.82. The van der Waals surface area contributed by atoms with Crippen molar-refractivity contribution in [2.75, 3.05) is 18.0 Å². The number of rotatable bonds is 7. The van der Waals surface area contributed by atoms with Crippen LogP contribution in [0.4, 0.5) is 14.9 Å². The average molecular weight is 397 g/mol. The van der Waals surface area contributed by atoms with Gasteiger partial charge in [0.2, 0.25) is 5.91 Å². The molecule has 1 aliphatic heterocycles. The lowest BCUT2D eigenvalue weighted by molar-refractivity contribution is -0.119. The van der Waals surface area contributed by atoms with Gasteiger partial charge in [-0.05, 0) is 41.3 Å². The molecule has 2 aromatic rings. The van der Waals surface area contributed by atoms with Gasteiger partial charge in [-0.1, -0.05) is 36.3 Å². The molecule has 8 nitrogen and oxygen atoms in total. The number of halogens is 1. The Morgan fingerprint density at radius 2 is 2.10 bits per heavy atom. The molecule has 2 aromatic carbocycles. The number of carbonyl (C=O) groups is 2. The molecule has 150 valence electrons. The van der Waals surface area contributed by atoms with Crippen LogP contribution in [0.5, 0.6) is 0 Å². The quantitative estimate of drug-likeness (QED) is 0.431. The number of benzene rings is 2. The Balaban J connectivity index is 1.68. The first-order chi connectivity index (χ1) is 14.0. The van der Waals surface area contributed by atoms with Gasteiger partial charge >= 0.3 is 6.09 Å². The van der Waals surface area contributed by atoms with Gasteiger partial charge in [0.1, 0.15) is 18.5 Å². The van der Waals surface area contributed by atoms with Crippen LogP contribution in [0.1, 0.15) is 18.9 Å². The number of hydrogen-bond donors (Lipinski definition) is 1. The number of nitrogens with zero attached hydrogens (tertiary/aromatic N) is 4. The molecule has 3 rings (SSSR count). The van der Waals surface area contributed by atoms with Gasteiger partial charge in [-0.25, -0.2) is 9.18 Å². The number of hydrogen-bond acceptors (Lipinski definition) is 4.